The van der Waals surface area contributed by atoms with Crippen LogP contribution in [0.25, 0.3) is 28.2 Å². The van der Waals surface area contributed by atoms with Crippen molar-refractivity contribution in [3.8, 4) is 28.3 Å². The van der Waals surface area contributed by atoms with E-state index in [1.807, 2.05) is 60.7 Å². The number of nitrogens with zero attached hydrogens (tertiary/aromatic N) is 6. The summed E-state index contributed by atoms with van der Waals surface area (Å²) < 4.78 is 7.38. The molecule has 1 aliphatic rings. The predicted octanol–water partition coefficient (Wildman–Crippen LogP) is 4.94. The number of anilines is 1. The van der Waals surface area contributed by atoms with Crippen molar-refractivity contribution < 1.29 is 14.5 Å². The molecule has 0 spiro atoms. The van der Waals surface area contributed by atoms with Gasteiger partial charge in [-0.15, -0.1) is 0 Å². The fraction of sp³-hybridized carbons (Fsp3) is 0.167. The molecule has 1 aliphatic heterocycles. The molecule has 200 valence electrons. The molecule has 0 atom stereocenters. The SMILES string of the molecule is COc1ccccc1-c1cc(C(=O)N2CCN(c3ccc([N+](=O)[O-])cc3)CC2)nc2cc(-c3ccccc3)nn12. The summed E-state index contributed by atoms with van der Waals surface area (Å²) in [5.41, 5.74) is 5.06. The highest BCUT2D eigenvalue weighted by Crippen LogP contribution is 2.32. The topological polar surface area (TPSA) is 106 Å². The maximum atomic E-state index is 13.7. The Bertz CT molecular complexity index is 1690. The van der Waals surface area contributed by atoms with Crippen molar-refractivity contribution in [2.24, 2.45) is 0 Å². The fourth-order valence-electron chi connectivity index (χ4n) is 5.00. The summed E-state index contributed by atoms with van der Waals surface area (Å²) in [6.07, 6.45) is 0. The number of rotatable bonds is 6. The second-order valence-corrected chi connectivity index (χ2v) is 9.45. The van der Waals surface area contributed by atoms with E-state index in [9.17, 15) is 14.9 Å². The third kappa shape index (κ3) is 4.71. The molecule has 40 heavy (non-hydrogen) atoms. The average Bonchev–Trinajstić information content (AvgIpc) is 3.45. The van der Waals surface area contributed by atoms with Crippen LogP contribution in [0.15, 0.2) is 91.0 Å². The van der Waals surface area contributed by atoms with Crippen LogP contribution in [0.5, 0.6) is 5.75 Å². The monoisotopic (exact) mass is 534 g/mol. The minimum absolute atomic E-state index is 0.0557. The van der Waals surface area contributed by atoms with Crippen molar-refractivity contribution >= 4 is 22.9 Å². The lowest BCUT2D eigenvalue weighted by Gasteiger charge is -2.36. The Morgan fingerprint density at radius 1 is 0.900 bits per heavy atom. The number of nitro benzene ring substituents is 1. The number of ether oxygens (including phenoxy) is 1. The van der Waals surface area contributed by atoms with Gasteiger partial charge < -0.3 is 14.5 Å². The van der Waals surface area contributed by atoms with Crippen molar-refractivity contribution in [1.82, 2.24) is 19.5 Å². The number of carbonyl (C=O) groups excluding carboxylic acids is 1. The van der Waals surface area contributed by atoms with Gasteiger partial charge in [0.15, 0.2) is 5.65 Å². The molecule has 3 aromatic carbocycles. The highest BCUT2D eigenvalue weighted by atomic mass is 16.6. The van der Waals surface area contributed by atoms with Crippen LogP contribution in [0.1, 0.15) is 10.5 Å². The van der Waals surface area contributed by atoms with E-state index >= 15 is 0 Å². The fourth-order valence-corrected chi connectivity index (χ4v) is 5.00. The van der Waals surface area contributed by atoms with E-state index in [2.05, 4.69) is 4.90 Å². The van der Waals surface area contributed by atoms with Gasteiger partial charge in [-0.1, -0.05) is 42.5 Å². The summed E-state index contributed by atoms with van der Waals surface area (Å²) in [7, 11) is 1.62. The Labute approximate surface area is 230 Å². The van der Waals surface area contributed by atoms with Crippen LogP contribution < -0.4 is 9.64 Å². The molecule has 0 saturated carbocycles. The number of non-ortho nitro benzene ring substituents is 1. The standard InChI is InChI=1S/C30H26N6O4/c1-40-28-10-6-5-9-24(28)27-19-26(31-29-20-25(32-35(27)29)21-7-3-2-4-8-21)30(37)34-17-15-33(16-18-34)22-11-13-23(14-12-22)36(38)39/h2-14,19-20H,15-18H2,1H3. The zero-order valence-electron chi connectivity index (χ0n) is 21.8. The van der Waals surface area contributed by atoms with Crippen LogP contribution in [-0.2, 0) is 0 Å². The van der Waals surface area contributed by atoms with Gasteiger partial charge in [0.05, 0.1) is 23.4 Å². The summed E-state index contributed by atoms with van der Waals surface area (Å²) >= 11 is 0. The number of carbonyl (C=O) groups is 1. The molecule has 10 nitrogen and oxygen atoms in total. The van der Waals surface area contributed by atoms with Gasteiger partial charge in [0.25, 0.3) is 11.6 Å². The molecule has 1 amide bonds. The van der Waals surface area contributed by atoms with Crippen molar-refractivity contribution in [2.75, 3.05) is 38.2 Å². The van der Waals surface area contributed by atoms with E-state index in [-0.39, 0.29) is 11.6 Å². The van der Waals surface area contributed by atoms with E-state index in [0.717, 1.165) is 22.5 Å². The number of piperazine rings is 1. The van der Waals surface area contributed by atoms with Crippen LogP contribution in [0.3, 0.4) is 0 Å². The Morgan fingerprint density at radius 2 is 1.60 bits per heavy atom. The second-order valence-electron chi connectivity index (χ2n) is 9.45. The molecule has 0 bridgehead atoms. The van der Waals surface area contributed by atoms with E-state index in [1.54, 1.807) is 34.7 Å². The van der Waals surface area contributed by atoms with Gasteiger partial charge in [-0.3, -0.25) is 14.9 Å². The first-order chi connectivity index (χ1) is 19.5. The summed E-state index contributed by atoms with van der Waals surface area (Å²) in [5.74, 6) is 0.506. The van der Waals surface area contributed by atoms with Crippen molar-refractivity contribution in [3.05, 3.63) is 107 Å². The average molecular weight is 535 g/mol. The Kier molecular flexibility index (Phi) is 6.57. The molecule has 6 rings (SSSR count). The van der Waals surface area contributed by atoms with Gasteiger partial charge in [0.2, 0.25) is 0 Å². The maximum absolute atomic E-state index is 13.7. The largest absolute Gasteiger partial charge is 0.496 e. The van der Waals surface area contributed by atoms with E-state index in [4.69, 9.17) is 14.8 Å². The van der Waals surface area contributed by atoms with Crippen molar-refractivity contribution in [2.45, 2.75) is 0 Å². The first-order valence-electron chi connectivity index (χ1n) is 12.9. The third-order valence-electron chi connectivity index (χ3n) is 7.09. The molecule has 0 radical (unpaired) electrons. The molecule has 1 fully saturated rings. The minimum atomic E-state index is -0.410. The summed E-state index contributed by atoms with van der Waals surface area (Å²) in [6.45, 7) is 2.22. The van der Waals surface area contributed by atoms with Gasteiger partial charge in [-0.25, -0.2) is 9.50 Å². The number of hydrogen-bond donors (Lipinski definition) is 0. The van der Waals surface area contributed by atoms with Crippen molar-refractivity contribution in [1.29, 1.82) is 0 Å². The maximum Gasteiger partial charge on any atom is 0.272 e. The van der Waals surface area contributed by atoms with Crippen LogP contribution in [0.4, 0.5) is 11.4 Å². The number of methoxy groups -OCH3 is 1. The quantitative estimate of drug-likeness (QED) is 0.224. The molecule has 0 aliphatic carbocycles. The summed E-state index contributed by atoms with van der Waals surface area (Å²) in [5, 5.41) is 15.8. The molecule has 0 unspecified atom stereocenters. The van der Waals surface area contributed by atoms with Gasteiger partial charge >= 0.3 is 0 Å². The second kappa shape index (κ2) is 10.5. The Balaban J connectivity index is 1.32. The van der Waals surface area contributed by atoms with E-state index in [1.165, 1.54) is 12.1 Å². The van der Waals surface area contributed by atoms with Gasteiger partial charge in [-0.2, -0.15) is 5.10 Å². The molecule has 10 heteroatoms. The number of fused-ring (bicyclic) bond motifs is 1. The first kappa shape index (κ1) is 25.1. The molecule has 3 heterocycles. The summed E-state index contributed by atoms with van der Waals surface area (Å²) in [4.78, 5) is 32.9. The van der Waals surface area contributed by atoms with E-state index < -0.39 is 4.92 Å². The molecular formula is C30H26N6O4. The van der Waals surface area contributed by atoms with Crippen LogP contribution in [-0.4, -0.2) is 63.6 Å². The molecule has 0 N–H and O–H groups in total. The molecule has 1 saturated heterocycles. The zero-order valence-corrected chi connectivity index (χ0v) is 21.8. The van der Waals surface area contributed by atoms with Crippen LogP contribution in [0, 0.1) is 10.1 Å². The lowest BCUT2D eigenvalue weighted by atomic mass is 10.1. The lowest BCUT2D eigenvalue weighted by Crippen LogP contribution is -2.49. The number of aromatic nitrogens is 3. The number of benzene rings is 3. The number of nitro groups is 1. The molecular weight excluding hydrogens is 508 g/mol. The first-order valence-corrected chi connectivity index (χ1v) is 12.9. The highest BCUT2D eigenvalue weighted by Gasteiger charge is 2.26. The normalized spacial score (nSPS) is 13.4. The number of para-hydroxylation sites is 1. The highest BCUT2D eigenvalue weighted by molar-refractivity contribution is 5.94. The summed E-state index contributed by atoms with van der Waals surface area (Å²) in [6, 6.07) is 27.6. The lowest BCUT2D eigenvalue weighted by molar-refractivity contribution is -0.384. The van der Waals surface area contributed by atoms with Crippen LogP contribution >= 0.6 is 0 Å². The molecule has 2 aromatic heterocycles. The smallest absolute Gasteiger partial charge is 0.272 e. The van der Waals surface area contributed by atoms with Crippen LogP contribution in [0.2, 0.25) is 0 Å². The van der Waals surface area contributed by atoms with E-state index in [0.29, 0.717) is 49.0 Å². The number of hydrogen-bond acceptors (Lipinski definition) is 7. The molecule has 5 aromatic rings. The minimum Gasteiger partial charge on any atom is -0.496 e. The van der Waals surface area contributed by atoms with Crippen molar-refractivity contribution in [3.63, 3.8) is 0 Å². The zero-order chi connectivity index (χ0) is 27.6. The predicted molar refractivity (Wildman–Crippen MR) is 152 cm³/mol. The van der Waals surface area contributed by atoms with Gasteiger partial charge in [-0.05, 0) is 30.3 Å². The Morgan fingerprint density at radius 3 is 2.30 bits per heavy atom. The number of amides is 1. The third-order valence-corrected chi connectivity index (χ3v) is 7.09. The van der Waals surface area contributed by atoms with Gasteiger partial charge in [0, 0.05) is 61.2 Å². The Hall–Kier alpha value is -5.25. The van der Waals surface area contributed by atoms with Gasteiger partial charge in [0.1, 0.15) is 11.4 Å².